The first kappa shape index (κ1) is 17.3. The number of nitrogens with one attached hydrogen (secondary N) is 2. The van der Waals surface area contributed by atoms with E-state index < -0.39 is 0 Å². The van der Waals surface area contributed by atoms with Gasteiger partial charge in [-0.2, -0.15) is 11.8 Å². The van der Waals surface area contributed by atoms with Gasteiger partial charge in [0.05, 0.1) is 0 Å². The van der Waals surface area contributed by atoms with Gasteiger partial charge in [-0.3, -0.25) is 4.99 Å². The van der Waals surface area contributed by atoms with Crippen molar-refractivity contribution in [3.8, 4) is 0 Å². The van der Waals surface area contributed by atoms with E-state index in [-0.39, 0.29) is 5.82 Å². The van der Waals surface area contributed by atoms with Gasteiger partial charge in [-0.25, -0.2) is 4.39 Å². The van der Waals surface area contributed by atoms with E-state index in [2.05, 4.69) is 37.8 Å². The average molecular weight is 362 g/mol. The molecule has 0 aromatic heterocycles. The summed E-state index contributed by atoms with van der Waals surface area (Å²) >= 11 is 5.10. The third-order valence-electron chi connectivity index (χ3n) is 2.75. The maximum atomic E-state index is 13.7. The number of hydrogen-bond acceptors (Lipinski definition) is 2. The van der Waals surface area contributed by atoms with Crippen molar-refractivity contribution in [2.75, 3.05) is 25.6 Å². The predicted octanol–water partition coefficient (Wildman–Crippen LogP) is 3.40. The smallest absolute Gasteiger partial charge is 0.191 e. The molecule has 0 saturated heterocycles. The maximum absolute atomic E-state index is 13.7. The molecule has 6 heteroatoms. The highest BCUT2D eigenvalue weighted by Gasteiger charge is 2.04. The van der Waals surface area contributed by atoms with Crippen LogP contribution in [0.1, 0.15) is 18.4 Å². The highest BCUT2D eigenvalue weighted by Crippen LogP contribution is 2.14. The lowest BCUT2D eigenvalue weighted by atomic mass is 10.2. The summed E-state index contributed by atoms with van der Waals surface area (Å²) < 4.78 is 14.4. The molecule has 3 nitrogen and oxygen atoms in total. The Morgan fingerprint density at radius 1 is 1.35 bits per heavy atom. The normalized spacial score (nSPS) is 11.5. The third kappa shape index (κ3) is 6.61. The minimum absolute atomic E-state index is 0.220. The Balaban J connectivity index is 2.34. The number of aliphatic imine (C=N–C) groups is 1. The van der Waals surface area contributed by atoms with E-state index in [0.29, 0.717) is 18.1 Å². The number of benzene rings is 1. The summed E-state index contributed by atoms with van der Waals surface area (Å²) in [6.45, 7) is 1.30. The zero-order valence-electron chi connectivity index (χ0n) is 11.9. The third-order valence-corrected chi connectivity index (χ3v) is 3.94. The molecule has 0 aliphatic carbocycles. The van der Waals surface area contributed by atoms with Crippen molar-refractivity contribution in [1.29, 1.82) is 0 Å². The van der Waals surface area contributed by atoms with Gasteiger partial charge in [0.25, 0.3) is 0 Å². The summed E-state index contributed by atoms with van der Waals surface area (Å²) in [5, 5.41) is 6.34. The van der Waals surface area contributed by atoms with Crippen molar-refractivity contribution in [2.45, 2.75) is 19.4 Å². The van der Waals surface area contributed by atoms with Crippen LogP contribution in [-0.2, 0) is 6.54 Å². The first-order valence-electron chi connectivity index (χ1n) is 6.54. The van der Waals surface area contributed by atoms with E-state index in [4.69, 9.17) is 0 Å². The Labute approximate surface area is 133 Å². The Morgan fingerprint density at radius 3 is 2.80 bits per heavy atom. The van der Waals surface area contributed by atoms with Gasteiger partial charge < -0.3 is 10.6 Å². The second-order valence-corrected chi connectivity index (χ2v) is 6.19. The average Bonchev–Trinajstić information content (AvgIpc) is 2.43. The summed E-state index contributed by atoms with van der Waals surface area (Å²) in [6, 6.07) is 5.06. The van der Waals surface area contributed by atoms with Crippen LogP contribution in [0.15, 0.2) is 27.7 Å². The number of halogens is 2. The summed E-state index contributed by atoms with van der Waals surface area (Å²) in [4.78, 5) is 4.13. The molecule has 0 unspecified atom stereocenters. The molecular formula is C14H21BrFN3S. The molecule has 0 bridgehead atoms. The minimum Gasteiger partial charge on any atom is -0.356 e. The van der Waals surface area contributed by atoms with Crippen LogP contribution in [0, 0.1) is 5.82 Å². The lowest BCUT2D eigenvalue weighted by Gasteiger charge is -2.12. The van der Waals surface area contributed by atoms with Crippen LogP contribution in [0.25, 0.3) is 0 Å². The molecule has 0 atom stereocenters. The highest BCUT2D eigenvalue weighted by molar-refractivity contribution is 9.10. The first-order chi connectivity index (χ1) is 9.67. The van der Waals surface area contributed by atoms with E-state index in [1.807, 2.05) is 17.8 Å². The molecule has 0 aliphatic heterocycles. The van der Waals surface area contributed by atoms with Gasteiger partial charge in [-0.05, 0) is 37.0 Å². The Hall–Kier alpha value is -0.750. The van der Waals surface area contributed by atoms with Gasteiger partial charge in [0.2, 0.25) is 0 Å². The lowest BCUT2D eigenvalue weighted by Crippen LogP contribution is -2.37. The van der Waals surface area contributed by atoms with Crippen LogP contribution >= 0.6 is 27.7 Å². The second-order valence-electron chi connectivity index (χ2n) is 4.29. The standard InChI is InChI=1S/C14H21BrFN3S/c1-17-14(18-7-3-4-8-20-2)19-10-11-5-6-12(15)9-13(11)16/h5-6,9H,3-4,7-8,10H2,1-2H3,(H2,17,18,19). The monoisotopic (exact) mass is 361 g/mol. The van der Waals surface area contributed by atoms with E-state index in [0.717, 1.165) is 17.4 Å². The molecular weight excluding hydrogens is 341 g/mol. The highest BCUT2D eigenvalue weighted by atomic mass is 79.9. The molecule has 1 rings (SSSR count). The lowest BCUT2D eigenvalue weighted by molar-refractivity contribution is 0.603. The van der Waals surface area contributed by atoms with Gasteiger partial charge in [0, 0.05) is 30.2 Å². The minimum atomic E-state index is -0.220. The van der Waals surface area contributed by atoms with E-state index in [1.54, 1.807) is 13.1 Å². The Bertz CT molecular complexity index is 440. The molecule has 0 aliphatic rings. The van der Waals surface area contributed by atoms with Crippen LogP contribution in [0.4, 0.5) is 4.39 Å². The Morgan fingerprint density at radius 2 is 2.15 bits per heavy atom. The molecule has 0 radical (unpaired) electrons. The van der Waals surface area contributed by atoms with E-state index in [9.17, 15) is 4.39 Å². The molecule has 0 saturated carbocycles. The summed E-state index contributed by atoms with van der Waals surface area (Å²) in [5.41, 5.74) is 0.624. The van der Waals surface area contributed by atoms with E-state index in [1.165, 1.54) is 18.2 Å². The number of nitrogens with zero attached hydrogens (tertiary/aromatic N) is 1. The van der Waals surface area contributed by atoms with Gasteiger partial charge >= 0.3 is 0 Å². The van der Waals surface area contributed by atoms with Gasteiger partial charge in [0.15, 0.2) is 5.96 Å². The summed E-state index contributed by atoms with van der Waals surface area (Å²) in [5.74, 6) is 1.66. The van der Waals surface area contributed by atoms with E-state index >= 15 is 0 Å². The van der Waals surface area contributed by atoms with Crippen LogP contribution < -0.4 is 10.6 Å². The van der Waals surface area contributed by atoms with Crippen molar-refractivity contribution < 1.29 is 4.39 Å². The first-order valence-corrected chi connectivity index (χ1v) is 8.73. The van der Waals surface area contributed by atoms with Gasteiger partial charge in [-0.1, -0.05) is 22.0 Å². The summed E-state index contributed by atoms with van der Waals surface area (Å²) in [7, 11) is 1.72. The maximum Gasteiger partial charge on any atom is 0.191 e. The van der Waals surface area contributed by atoms with Crippen molar-refractivity contribution >= 4 is 33.7 Å². The van der Waals surface area contributed by atoms with Crippen molar-refractivity contribution in [3.05, 3.63) is 34.1 Å². The molecule has 20 heavy (non-hydrogen) atoms. The number of unbranched alkanes of at least 4 members (excludes halogenated alkanes) is 1. The van der Waals surface area contributed by atoms with Gasteiger partial charge in [-0.15, -0.1) is 0 Å². The summed E-state index contributed by atoms with van der Waals surface area (Å²) in [6.07, 6.45) is 4.40. The fourth-order valence-corrected chi connectivity index (χ4v) is 2.47. The number of hydrogen-bond donors (Lipinski definition) is 2. The van der Waals surface area contributed by atoms with Crippen LogP contribution in [-0.4, -0.2) is 31.6 Å². The van der Waals surface area contributed by atoms with Crippen molar-refractivity contribution in [1.82, 2.24) is 10.6 Å². The zero-order chi connectivity index (χ0) is 14.8. The molecule has 112 valence electrons. The zero-order valence-corrected chi connectivity index (χ0v) is 14.3. The van der Waals surface area contributed by atoms with Crippen LogP contribution in [0.2, 0.25) is 0 Å². The van der Waals surface area contributed by atoms with Crippen LogP contribution in [0.5, 0.6) is 0 Å². The Kier molecular flexibility index (Phi) is 8.69. The molecule has 1 aromatic rings. The number of thioether (sulfide) groups is 1. The van der Waals surface area contributed by atoms with Gasteiger partial charge in [0.1, 0.15) is 5.82 Å². The SMILES string of the molecule is CN=C(NCCCCSC)NCc1ccc(Br)cc1F. The molecule has 0 spiro atoms. The quantitative estimate of drug-likeness (QED) is 0.444. The number of rotatable bonds is 7. The fourth-order valence-electron chi connectivity index (χ4n) is 1.64. The number of guanidine groups is 1. The second kappa shape index (κ2) is 10.0. The molecule has 1 aromatic carbocycles. The predicted molar refractivity (Wildman–Crippen MR) is 89.9 cm³/mol. The molecule has 0 amide bonds. The van der Waals surface area contributed by atoms with Crippen molar-refractivity contribution in [2.24, 2.45) is 4.99 Å². The topological polar surface area (TPSA) is 36.4 Å². The largest absolute Gasteiger partial charge is 0.356 e. The molecule has 0 heterocycles. The fraction of sp³-hybridized carbons (Fsp3) is 0.500. The molecule has 2 N–H and O–H groups in total. The molecule has 0 fully saturated rings. The van der Waals surface area contributed by atoms with Crippen LogP contribution in [0.3, 0.4) is 0 Å². The van der Waals surface area contributed by atoms with Crippen molar-refractivity contribution in [3.63, 3.8) is 0 Å².